The number of amides is 1. The maximum absolute atomic E-state index is 13.2. The van der Waals surface area contributed by atoms with Crippen LogP contribution in [0.25, 0.3) is 0 Å². The number of rotatable bonds is 7. The third kappa shape index (κ3) is 5.06. The fraction of sp³-hybridized carbons (Fsp3) is 0.188. The molecule has 120 valence electrons. The molecule has 2 rings (SSSR count). The molecule has 0 radical (unpaired) electrons. The van der Waals surface area contributed by atoms with E-state index in [0.29, 0.717) is 13.0 Å². The fourth-order valence-electron chi connectivity index (χ4n) is 2.04. The minimum atomic E-state index is -0.630. The van der Waals surface area contributed by atoms with Crippen LogP contribution in [-0.2, 0) is 11.2 Å². The molecule has 0 aromatic heterocycles. The molecule has 0 bridgehead atoms. The molecule has 1 amide bonds. The number of nitrogens with one attached hydrogen (secondary N) is 2. The van der Waals surface area contributed by atoms with Gasteiger partial charge in [-0.1, -0.05) is 30.3 Å². The normalized spacial score (nSPS) is 10.1. The molecular weight excluding hydrogens is 301 g/mol. The van der Waals surface area contributed by atoms with Gasteiger partial charge in [-0.2, -0.15) is 0 Å². The lowest BCUT2D eigenvalue weighted by atomic mass is 10.1. The van der Waals surface area contributed by atoms with E-state index >= 15 is 0 Å². The van der Waals surface area contributed by atoms with Gasteiger partial charge in [0, 0.05) is 18.7 Å². The third-order valence-electron chi connectivity index (χ3n) is 3.17. The van der Waals surface area contributed by atoms with E-state index in [-0.39, 0.29) is 23.8 Å². The molecule has 7 heteroatoms. The van der Waals surface area contributed by atoms with Crippen LogP contribution < -0.4 is 10.6 Å². The third-order valence-corrected chi connectivity index (χ3v) is 3.17. The lowest BCUT2D eigenvalue weighted by Gasteiger charge is -2.08. The molecule has 0 fully saturated rings. The first-order chi connectivity index (χ1) is 11.1. The van der Waals surface area contributed by atoms with Gasteiger partial charge in [-0.25, -0.2) is 4.39 Å². The summed E-state index contributed by atoms with van der Waals surface area (Å²) in [5.74, 6) is -0.929. The molecule has 2 aromatic rings. The molecule has 0 unspecified atom stereocenters. The monoisotopic (exact) mass is 317 g/mol. The van der Waals surface area contributed by atoms with Crippen molar-refractivity contribution in [2.24, 2.45) is 0 Å². The molecule has 0 saturated heterocycles. The Bertz CT molecular complexity index is 692. The number of anilines is 1. The van der Waals surface area contributed by atoms with Crippen molar-refractivity contribution in [1.29, 1.82) is 0 Å². The molecule has 0 spiro atoms. The van der Waals surface area contributed by atoms with Crippen LogP contribution in [0.4, 0.5) is 15.8 Å². The van der Waals surface area contributed by atoms with E-state index in [1.807, 2.05) is 30.3 Å². The molecule has 0 heterocycles. The van der Waals surface area contributed by atoms with Gasteiger partial charge in [-0.3, -0.25) is 14.9 Å². The zero-order chi connectivity index (χ0) is 16.7. The van der Waals surface area contributed by atoms with E-state index in [4.69, 9.17) is 0 Å². The number of halogens is 1. The summed E-state index contributed by atoms with van der Waals surface area (Å²) >= 11 is 0. The van der Waals surface area contributed by atoms with Crippen LogP contribution in [0, 0.1) is 15.9 Å². The lowest BCUT2D eigenvalue weighted by molar-refractivity contribution is -0.384. The number of carbonyl (C=O) groups is 1. The minimum absolute atomic E-state index is 0.0202. The van der Waals surface area contributed by atoms with E-state index in [9.17, 15) is 19.3 Å². The zero-order valence-corrected chi connectivity index (χ0v) is 12.3. The molecule has 0 aliphatic carbocycles. The highest BCUT2D eigenvalue weighted by atomic mass is 19.1. The predicted molar refractivity (Wildman–Crippen MR) is 84.7 cm³/mol. The van der Waals surface area contributed by atoms with Gasteiger partial charge in [0.2, 0.25) is 5.91 Å². The minimum Gasteiger partial charge on any atom is -0.370 e. The first-order valence-electron chi connectivity index (χ1n) is 7.04. The van der Waals surface area contributed by atoms with Gasteiger partial charge in [0.1, 0.15) is 11.5 Å². The van der Waals surface area contributed by atoms with E-state index in [2.05, 4.69) is 10.6 Å². The zero-order valence-electron chi connectivity index (χ0n) is 12.3. The molecule has 0 atom stereocenters. The topological polar surface area (TPSA) is 84.3 Å². The van der Waals surface area contributed by atoms with Crippen LogP contribution in [0.1, 0.15) is 5.56 Å². The maximum atomic E-state index is 13.2. The Labute approximate surface area is 132 Å². The van der Waals surface area contributed by atoms with Crippen LogP contribution in [0.3, 0.4) is 0 Å². The van der Waals surface area contributed by atoms with Crippen molar-refractivity contribution in [2.75, 3.05) is 18.4 Å². The summed E-state index contributed by atoms with van der Waals surface area (Å²) in [6.45, 7) is 0.287. The summed E-state index contributed by atoms with van der Waals surface area (Å²) in [6, 6.07) is 12.7. The Morgan fingerprint density at radius 3 is 2.61 bits per heavy atom. The van der Waals surface area contributed by atoms with Gasteiger partial charge in [0.05, 0.1) is 11.5 Å². The van der Waals surface area contributed by atoms with Crippen molar-refractivity contribution in [2.45, 2.75) is 6.42 Å². The second-order valence-electron chi connectivity index (χ2n) is 4.86. The number of hydrogen-bond acceptors (Lipinski definition) is 4. The lowest BCUT2D eigenvalue weighted by Crippen LogP contribution is -2.31. The molecule has 2 N–H and O–H groups in total. The van der Waals surface area contributed by atoms with Crippen LogP contribution in [0.15, 0.2) is 48.5 Å². The van der Waals surface area contributed by atoms with E-state index < -0.39 is 10.7 Å². The molecular formula is C16H16FN3O3. The smallest absolute Gasteiger partial charge is 0.292 e. The average molecular weight is 317 g/mol. The second-order valence-corrected chi connectivity index (χ2v) is 4.86. The van der Waals surface area contributed by atoms with Crippen LogP contribution >= 0.6 is 0 Å². The highest BCUT2D eigenvalue weighted by Crippen LogP contribution is 2.24. The maximum Gasteiger partial charge on any atom is 0.292 e. The Kier molecular flexibility index (Phi) is 5.62. The molecule has 0 aliphatic heterocycles. The number of benzene rings is 2. The standard InChI is InChI=1S/C16H16FN3O3/c17-13-6-7-15(20(22)23)14(10-13)19-11-16(21)18-9-8-12-4-2-1-3-5-12/h1-7,10,19H,8-9,11H2,(H,18,21). The van der Waals surface area contributed by atoms with E-state index in [1.165, 1.54) is 0 Å². The Hall–Kier alpha value is -2.96. The Morgan fingerprint density at radius 1 is 1.17 bits per heavy atom. The Balaban J connectivity index is 1.82. The van der Waals surface area contributed by atoms with Gasteiger partial charge >= 0.3 is 0 Å². The first-order valence-corrected chi connectivity index (χ1v) is 7.04. The van der Waals surface area contributed by atoms with E-state index in [0.717, 1.165) is 23.8 Å². The van der Waals surface area contributed by atoms with Gasteiger partial charge in [0.25, 0.3) is 5.69 Å². The fourth-order valence-corrected chi connectivity index (χ4v) is 2.04. The second kappa shape index (κ2) is 7.88. The number of carbonyl (C=O) groups excluding carboxylic acids is 1. The van der Waals surface area contributed by atoms with Crippen LogP contribution in [-0.4, -0.2) is 23.9 Å². The summed E-state index contributed by atoms with van der Waals surface area (Å²) in [5.41, 5.74) is 0.804. The quantitative estimate of drug-likeness (QED) is 0.607. The van der Waals surface area contributed by atoms with Crippen molar-refractivity contribution in [3.05, 3.63) is 70.0 Å². The molecule has 0 aliphatic rings. The summed E-state index contributed by atoms with van der Waals surface area (Å²) in [7, 11) is 0. The van der Waals surface area contributed by atoms with Crippen molar-refractivity contribution in [1.82, 2.24) is 5.32 Å². The summed E-state index contributed by atoms with van der Waals surface area (Å²) in [6.07, 6.45) is 0.687. The highest BCUT2D eigenvalue weighted by molar-refractivity contribution is 5.81. The van der Waals surface area contributed by atoms with Crippen molar-refractivity contribution >= 4 is 17.3 Å². The average Bonchev–Trinajstić information content (AvgIpc) is 2.53. The molecule has 0 saturated carbocycles. The van der Waals surface area contributed by atoms with Crippen molar-refractivity contribution in [3.63, 3.8) is 0 Å². The van der Waals surface area contributed by atoms with Gasteiger partial charge in [0.15, 0.2) is 0 Å². The molecule has 6 nitrogen and oxygen atoms in total. The number of hydrogen-bond donors (Lipinski definition) is 2. The largest absolute Gasteiger partial charge is 0.370 e. The number of nitro groups is 1. The Morgan fingerprint density at radius 2 is 1.91 bits per heavy atom. The van der Waals surface area contributed by atoms with Gasteiger partial charge < -0.3 is 10.6 Å². The number of nitro benzene ring substituents is 1. The van der Waals surface area contributed by atoms with Crippen LogP contribution in [0.5, 0.6) is 0 Å². The summed E-state index contributed by atoms with van der Waals surface area (Å²) < 4.78 is 13.2. The summed E-state index contributed by atoms with van der Waals surface area (Å²) in [4.78, 5) is 22.0. The molecule has 23 heavy (non-hydrogen) atoms. The SMILES string of the molecule is O=C(CNc1cc(F)ccc1[N+](=O)[O-])NCCc1ccccc1. The summed E-state index contributed by atoms with van der Waals surface area (Å²) in [5, 5.41) is 16.1. The number of nitrogens with zero attached hydrogens (tertiary/aromatic N) is 1. The predicted octanol–water partition coefficient (Wildman–Crippen LogP) is 2.50. The van der Waals surface area contributed by atoms with Gasteiger partial charge in [-0.05, 0) is 18.1 Å². The van der Waals surface area contributed by atoms with Gasteiger partial charge in [-0.15, -0.1) is 0 Å². The van der Waals surface area contributed by atoms with Crippen LogP contribution in [0.2, 0.25) is 0 Å². The highest BCUT2D eigenvalue weighted by Gasteiger charge is 2.14. The van der Waals surface area contributed by atoms with Crippen molar-refractivity contribution < 1.29 is 14.1 Å². The first kappa shape index (κ1) is 16.4. The van der Waals surface area contributed by atoms with Crippen molar-refractivity contribution in [3.8, 4) is 0 Å². The van der Waals surface area contributed by atoms with E-state index in [1.54, 1.807) is 0 Å². The molecule has 2 aromatic carbocycles.